The number of rotatable bonds is 14. The first-order valence-corrected chi connectivity index (χ1v) is 17.4. The predicted molar refractivity (Wildman–Crippen MR) is 194 cm³/mol. The van der Waals surface area contributed by atoms with Crippen molar-refractivity contribution in [2.75, 3.05) is 20.7 Å². The molecule has 7 atom stereocenters. The van der Waals surface area contributed by atoms with E-state index in [1.807, 2.05) is 123 Å². The molecule has 0 aromatic heterocycles. The summed E-state index contributed by atoms with van der Waals surface area (Å²) >= 11 is 0. The van der Waals surface area contributed by atoms with E-state index in [-0.39, 0.29) is 37.3 Å². The van der Waals surface area contributed by atoms with Crippen LogP contribution in [0.15, 0.2) is 109 Å². The van der Waals surface area contributed by atoms with Crippen LogP contribution in [0, 0.1) is 5.92 Å². The summed E-state index contributed by atoms with van der Waals surface area (Å²) in [5, 5.41) is 26.3. The smallest absolute Gasteiger partial charge is 0.328 e. The standard InChI is InChI=1S/C41H49N3O7/c1-27-36(25-44(3)28(2)37(46)32-13-9-6-10-14-32)50-40(51-38(27)33-19-17-31(26-45)18-20-33)34-21-15-30(16-22-34)24-42-41(48)43-35(39(47)49-4)23-29-11-7-5-8-12-29/h5-22,27-28,35-38,40,45-46H,23-26H2,1-4H3,(H2,42,43,48). The molecule has 7 unspecified atom stereocenters. The molecule has 0 saturated carbocycles. The van der Waals surface area contributed by atoms with E-state index in [0.29, 0.717) is 13.0 Å². The minimum atomic E-state index is -0.827. The van der Waals surface area contributed by atoms with Crippen molar-refractivity contribution >= 4 is 12.0 Å². The summed E-state index contributed by atoms with van der Waals surface area (Å²) in [5.41, 5.74) is 5.26. The first kappa shape index (κ1) is 37.7. The maximum absolute atomic E-state index is 12.8. The molecule has 0 spiro atoms. The fraction of sp³-hybridized carbons (Fsp3) is 0.366. The number of nitrogens with one attached hydrogen (secondary N) is 2. The lowest BCUT2D eigenvalue weighted by molar-refractivity contribution is -0.276. The molecule has 0 aliphatic carbocycles. The number of esters is 1. The van der Waals surface area contributed by atoms with Gasteiger partial charge in [-0.1, -0.05) is 116 Å². The molecule has 10 nitrogen and oxygen atoms in total. The number of ether oxygens (including phenoxy) is 3. The number of likely N-dealkylation sites (N-methyl/N-ethyl adjacent to an activating group) is 1. The Morgan fingerprint density at radius 2 is 1.45 bits per heavy atom. The summed E-state index contributed by atoms with van der Waals surface area (Å²) in [6, 6.07) is 33.1. The fourth-order valence-electron chi connectivity index (χ4n) is 6.32. The third-order valence-electron chi connectivity index (χ3n) is 9.66. The number of hydrogen-bond donors (Lipinski definition) is 4. The van der Waals surface area contributed by atoms with Gasteiger partial charge in [-0.15, -0.1) is 0 Å². The second-order valence-electron chi connectivity index (χ2n) is 13.2. The molecule has 5 rings (SSSR count). The largest absolute Gasteiger partial charge is 0.467 e. The van der Waals surface area contributed by atoms with Gasteiger partial charge in [0.25, 0.3) is 0 Å². The van der Waals surface area contributed by atoms with Gasteiger partial charge < -0.3 is 35.1 Å². The summed E-state index contributed by atoms with van der Waals surface area (Å²) < 4.78 is 18.2. The number of benzene rings is 4. The number of aliphatic hydroxyl groups is 2. The summed E-state index contributed by atoms with van der Waals surface area (Å²) in [7, 11) is 3.30. The van der Waals surface area contributed by atoms with E-state index < -0.39 is 30.4 Å². The third-order valence-corrected chi connectivity index (χ3v) is 9.66. The van der Waals surface area contributed by atoms with Crippen LogP contribution in [-0.2, 0) is 38.6 Å². The summed E-state index contributed by atoms with van der Waals surface area (Å²) in [5.74, 6) is -0.545. The normalized spacial score (nSPS) is 20.6. The van der Waals surface area contributed by atoms with Crippen molar-refractivity contribution in [1.82, 2.24) is 15.5 Å². The highest BCUT2D eigenvalue weighted by atomic mass is 16.7. The summed E-state index contributed by atoms with van der Waals surface area (Å²) in [6.07, 6.45) is -1.53. The van der Waals surface area contributed by atoms with Crippen molar-refractivity contribution in [3.05, 3.63) is 143 Å². The predicted octanol–water partition coefficient (Wildman–Crippen LogP) is 5.61. The van der Waals surface area contributed by atoms with Gasteiger partial charge in [0, 0.05) is 37.0 Å². The van der Waals surface area contributed by atoms with Crippen molar-refractivity contribution in [2.45, 2.75) is 70.1 Å². The Morgan fingerprint density at radius 3 is 2.08 bits per heavy atom. The van der Waals surface area contributed by atoms with E-state index in [2.05, 4.69) is 22.5 Å². The Bertz CT molecular complexity index is 1670. The second kappa shape index (κ2) is 18.1. The lowest BCUT2D eigenvalue weighted by Gasteiger charge is -2.43. The molecule has 1 aliphatic heterocycles. The summed E-state index contributed by atoms with van der Waals surface area (Å²) in [4.78, 5) is 27.3. The molecule has 1 fully saturated rings. The van der Waals surface area contributed by atoms with Crippen LogP contribution in [0.2, 0.25) is 0 Å². The molecule has 10 heteroatoms. The topological polar surface area (TPSA) is 130 Å². The Kier molecular flexibility index (Phi) is 13.3. The third kappa shape index (κ3) is 10.0. The van der Waals surface area contributed by atoms with Crippen LogP contribution in [0.4, 0.5) is 4.79 Å². The minimum Gasteiger partial charge on any atom is -0.467 e. The van der Waals surface area contributed by atoms with E-state index in [0.717, 1.165) is 33.4 Å². The Labute approximate surface area is 300 Å². The van der Waals surface area contributed by atoms with Crippen LogP contribution < -0.4 is 10.6 Å². The van der Waals surface area contributed by atoms with E-state index in [1.54, 1.807) is 0 Å². The molecule has 1 heterocycles. The van der Waals surface area contributed by atoms with Crippen LogP contribution in [-0.4, -0.2) is 66.0 Å². The second-order valence-corrected chi connectivity index (χ2v) is 13.2. The van der Waals surface area contributed by atoms with Gasteiger partial charge in [-0.25, -0.2) is 9.59 Å². The zero-order chi connectivity index (χ0) is 36.3. The highest BCUT2D eigenvalue weighted by molar-refractivity contribution is 5.83. The van der Waals surface area contributed by atoms with Gasteiger partial charge in [-0.05, 0) is 41.8 Å². The Morgan fingerprint density at radius 1 is 0.843 bits per heavy atom. The molecule has 0 bridgehead atoms. The van der Waals surface area contributed by atoms with E-state index in [1.165, 1.54) is 7.11 Å². The average molecular weight is 696 g/mol. The zero-order valence-electron chi connectivity index (χ0n) is 29.6. The van der Waals surface area contributed by atoms with Crippen LogP contribution in [0.5, 0.6) is 0 Å². The number of nitrogens with zero attached hydrogens (tertiary/aromatic N) is 1. The van der Waals surface area contributed by atoms with Crippen molar-refractivity contribution < 1.29 is 34.0 Å². The lowest BCUT2D eigenvalue weighted by Crippen LogP contribution is -2.47. The SMILES string of the molecule is COC(=O)C(Cc1ccccc1)NC(=O)NCc1ccc(C2OC(CN(C)C(C)C(O)c3ccccc3)C(C)C(c3ccc(CO)cc3)O2)cc1. The van der Waals surface area contributed by atoms with Crippen molar-refractivity contribution in [3.63, 3.8) is 0 Å². The van der Waals surface area contributed by atoms with Gasteiger partial charge in [0.1, 0.15) is 6.04 Å². The Hall–Kier alpha value is -4.58. The molecule has 270 valence electrons. The maximum atomic E-state index is 12.8. The van der Waals surface area contributed by atoms with Crippen molar-refractivity contribution in [2.24, 2.45) is 5.92 Å². The van der Waals surface area contributed by atoms with Crippen molar-refractivity contribution in [1.29, 1.82) is 0 Å². The molecule has 51 heavy (non-hydrogen) atoms. The minimum absolute atomic E-state index is 0.0255. The molecule has 4 aromatic rings. The first-order chi connectivity index (χ1) is 24.7. The van der Waals surface area contributed by atoms with E-state index >= 15 is 0 Å². The molecule has 2 amide bonds. The quantitative estimate of drug-likeness (QED) is 0.125. The molecular formula is C41H49N3O7. The van der Waals surface area contributed by atoms with Crippen LogP contribution in [0.1, 0.15) is 65.7 Å². The highest BCUT2D eigenvalue weighted by Crippen LogP contribution is 2.42. The molecule has 0 radical (unpaired) electrons. The molecule has 4 N–H and O–H groups in total. The van der Waals surface area contributed by atoms with E-state index in [4.69, 9.17) is 14.2 Å². The molecular weight excluding hydrogens is 646 g/mol. The molecule has 4 aromatic carbocycles. The number of carbonyl (C=O) groups excluding carboxylic acids is 2. The van der Waals surface area contributed by atoms with Crippen LogP contribution >= 0.6 is 0 Å². The van der Waals surface area contributed by atoms with E-state index in [9.17, 15) is 19.8 Å². The number of carbonyl (C=O) groups is 2. The molecule has 1 aliphatic rings. The zero-order valence-corrected chi connectivity index (χ0v) is 29.6. The van der Waals surface area contributed by atoms with Gasteiger partial charge >= 0.3 is 12.0 Å². The number of aliphatic hydroxyl groups excluding tert-OH is 2. The van der Waals surface area contributed by atoms with Gasteiger partial charge in [-0.2, -0.15) is 0 Å². The fourth-order valence-corrected chi connectivity index (χ4v) is 6.32. The van der Waals surface area contributed by atoms with Crippen LogP contribution in [0.3, 0.4) is 0 Å². The van der Waals surface area contributed by atoms with Gasteiger partial charge in [0.2, 0.25) is 0 Å². The average Bonchev–Trinajstić information content (AvgIpc) is 3.17. The van der Waals surface area contributed by atoms with Gasteiger partial charge in [0.15, 0.2) is 6.29 Å². The number of amides is 2. The van der Waals surface area contributed by atoms with Crippen LogP contribution in [0.25, 0.3) is 0 Å². The highest BCUT2D eigenvalue weighted by Gasteiger charge is 2.39. The number of hydrogen-bond acceptors (Lipinski definition) is 8. The number of urea groups is 1. The monoisotopic (exact) mass is 695 g/mol. The lowest BCUT2D eigenvalue weighted by atomic mass is 9.89. The van der Waals surface area contributed by atoms with Gasteiger partial charge in [0.05, 0.1) is 32.0 Å². The maximum Gasteiger partial charge on any atom is 0.328 e. The van der Waals surface area contributed by atoms with Gasteiger partial charge in [-0.3, -0.25) is 4.90 Å². The van der Waals surface area contributed by atoms with Crippen molar-refractivity contribution in [3.8, 4) is 0 Å². The Balaban J connectivity index is 1.26. The number of methoxy groups -OCH3 is 1. The molecule has 1 saturated heterocycles. The first-order valence-electron chi connectivity index (χ1n) is 17.4. The summed E-state index contributed by atoms with van der Waals surface area (Å²) in [6.45, 7) is 4.89.